The van der Waals surface area contributed by atoms with Crippen LogP contribution in [-0.4, -0.2) is 31.2 Å². The molecule has 1 aromatic carbocycles. The van der Waals surface area contributed by atoms with Crippen LogP contribution in [0.1, 0.15) is 15.9 Å². The molecule has 0 aliphatic carbocycles. The number of hydrogen-bond acceptors (Lipinski definition) is 4. The molecule has 0 saturated heterocycles. The third-order valence-electron chi connectivity index (χ3n) is 2.91. The highest BCUT2D eigenvalue weighted by atomic mass is 16.5. The second-order valence-electron chi connectivity index (χ2n) is 4.71. The summed E-state index contributed by atoms with van der Waals surface area (Å²) in [7, 11) is 1.64. The Morgan fingerprint density at radius 3 is 2.86 bits per heavy atom. The van der Waals surface area contributed by atoms with E-state index in [0.29, 0.717) is 18.7 Å². The highest BCUT2D eigenvalue weighted by Gasteiger charge is 2.07. The second kappa shape index (κ2) is 7.40. The van der Waals surface area contributed by atoms with Crippen molar-refractivity contribution in [3.63, 3.8) is 0 Å². The molecule has 0 atom stereocenters. The van der Waals surface area contributed by atoms with Crippen LogP contribution in [0.5, 0.6) is 0 Å². The quantitative estimate of drug-likeness (QED) is 0.801. The summed E-state index contributed by atoms with van der Waals surface area (Å²) in [6.07, 6.45) is 3.23. The van der Waals surface area contributed by atoms with E-state index < -0.39 is 0 Å². The van der Waals surface area contributed by atoms with Crippen molar-refractivity contribution in [1.29, 1.82) is 0 Å². The molecule has 0 radical (unpaired) electrons. The highest BCUT2D eigenvalue weighted by Crippen LogP contribution is 2.13. The molecule has 110 valence electrons. The molecule has 0 saturated carbocycles. The molecular formula is C16H19N3O2. The summed E-state index contributed by atoms with van der Waals surface area (Å²) in [5.74, 6) is -0.177. The first-order valence-corrected chi connectivity index (χ1v) is 6.75. The fourth-order valence-electron chi connectivity index (χ4n) is 1.88. The minimum Gasteiger partial charge on any atom is -0.383 e. The molecule has 0 fully saturated rings. The van der Waals surface area contributed by atoms with Crippen molar-refractivity contribution in [1.82, 2.24) is 4.98 Å². The average molecular weight is 285 g/mol. The SMILES string of the molecule is COCCNc1cncc(C(=O)Nc2cccc(C)c2)c1. The van der Waals surface area contributed by atoms with Crippen LogP contribution in [0.15, 0.2) is 42.7 Å². The number of benzene rings is 1. The zero-order valence-electron chi connectivity index (χ0n) is 12.2. The van der Waals surface area contributed by atoms with E-state index in [9.17, 15) is 4.79 Å². The summed E-state index contributed by atoms with van der Waals surface area (Å²) < 4.78 is 4.97. The van der Waals surface area contributed by atoms with Crippen molar-refractivity contribution in [2.24, 2.45) is 0 Å². The smallest absolute Gasteiger partial charge is 0.257 e. The summed E-state index contributed by atoms with van der Waals surface area (Å²) in [5.41, 5.74) is 3.18. The number of aryl methyl sites for hydroxylation is 1. The number of aromatic nitrogens is 1. The molecule has 0 unspecified atom stereocenters. The first-order chi connectivity index (χ1) is 10.2. The zero-order chi connectivity index (χ0) is 15.1. The van der Waals surface area contributed by atoms with Crippen LogP contribution in [0.25, 0.3) is 0 Å². The summed E-state index contributed by atoms with van der Waals surface area (Å²) >= 11 is 0. The van der Waals surface area contributed by atoms with Gasteiger partial charge in [0.2, 0.25) is 0 Å². The largest absolute Gasteiger partial charge is 0.383 e. The van der Waals surface area contributed by atoms with E-state index in [1.165, 1.54) is 0 Å². The van der Waals surface area contributed by atoms with Gasteiger partial charge in [-0.25, -0.2) is 0 Å². The van der Waals surface area contributed by atoms with Crippen LogP contribution in [-0.2, 0) is 4.74 Å². The predicted molar refractivity (Wildman–Crippen MR) is 83.7 cm³/mol. The van der Waals surface area contributed by atoms with Crippen molar-refractivity contribution in [2.75, 3.05) is 30.9 Å². The number of ether oxygens (including phenoxy) is 1. The molecule has 2 N–H and O–H groups in total. The highest BCUT2D eigenvalue weighted by molar-refractivity contribution is 6.04. The number of carbonyl (C=O) groups is 1. The second-order valence-corrected chi connectivity index (χ2v) is 4.71. The maximum absolute atomic E-state index is 12.2. The first-order valence-electron chi connectivity index (χ1n) is 6.75. The van der Waals surface area contributed by atoms with Gasteiger partial charge in [-0.05, 0) is 30.7 Å². The molecule has 21 heavy (non-hydrogen) atoms. The lowest BCUT2D eigenvalue weighted by atomic mass is 10.2. The lowest BCUT2D eigenvalue weighted by molar-refractivity contribution is 0.102. The van der Waals surface area contributed by atoms with Gasteiger partial charge in [-0.15, -0.1) is 0 Å². The Morgan fingerprint density at radius 1 is 1.24 bits per heavy atom. The maximum atomic E-state index is 12.2. The molecule has 0 aliphatic heterocycles. The molecule has 5 nitrogen and oxygen atoms in total. The summed E-state index contributed by atoms with van der Waals surface area (Å²) in [5, 5.41) is 6.01. The normalized spacial score (nSPS) is 10.2. The molecular weight excluding hydrogens is 266 g/mol. The molecule has 1 heterocycles. The van der Waals surface area contributed by atoms with Crippen LogP contribution in [0.3, 0.4) is 0 Å². The fraction of sp³-hybridized carbons (Fsp3) is 0.250. The number of rotatable bonds is 6. The van der Waals surface area contributed by atoms with Gasteiger partial charge in [0.05, 0.1) is 17.9 Å². The molecule has 0 spiro atoms. The number of pyridine rings is 1. The van der Waals surface area contributed by atoms with Gasteiger partial charge in [-0.1, -0.05) is 12.1 Å². The van der Waals surface area contributed by atoms with Crippen molar-refractivity contribution in [2.45, 2.75) is 6.92 Å². The number of anilines is 2. The minimum absolute atomic E-state index is 0.177. The van der Waals surface area contributed by atoms with Crippen molar-refractivity contribution < 1.29 is 9.53 Å². The number of nitrogens with zero attached hydrogens (tertiary/aromatic N) is 1. The van der Waals surface area contributed by atoms with E-state index in [0.717, 1.165) is 16.9 Å². The monoisotopic (exact) mass is 285 g/mol. The Hall–Kier alpha value is -2.40. The molecule has 1 amide bonds. The summed E-state index contributed by atoms with van der Waals surface area (Å²) in [6.45, 7) is 3.25. The zero-order valence-corrected chi connectivity index (χ0v) is 12.2. The Morgan fingerprint density at radius 2 is 2.10 bits per heavy atom. The van der Waals surface area contributed by atoms with E-state index in [4.69, 9.17) is 4.74 Å². The maximum Gasteiger partial charge on any atom is 0.257 e. The first kappa shape index (κ1) is 15.0. The van der Waals surface area contributed by atoms with Crippen LogP contribution >= 0.6 is 0 Å². The standard InChI is InChI=1S/C16H19N3O2/c1-12-4-3-5-14(8-12)19-16(20)13-9-15(11-17-10-13)18-6-7-21-2/h3-5,8-11,18H,6-7H2,1-2H3,(H,19,20). The third-order valence-corrected chi connectivity index (χ3v) is 2.91. The van der Waals surface area contributed by atoms with E-state index in [2.05, 4.69) is 15.6 Å². The topological polar surface area (TPSA) is 63.2 Å². The van der Waals surface area contributed by atoms with Gasteiger partial charge < -0.3 is 15.4 Å². The van der Waals surface area contributed by atoms with Crippen LogP contribution in [0, 0.1) is 6.92 Å². The molecule has 0 bridgehead atoms. The van der Waals surface area contributed by atoms with E-state index in [1.54, 1.807) is 25.6 Å². The molecule has 0 aliphatic rings. The molecule has 2 rings (SSSR count). The summed E-state index contributed by atoms with van der Waals surface area (Å²) in [4.78, 5) is 16.3. The molecule has 1 aromatic heterocycles. The number of nitrogens with one attached hydrogen (secondary N) is 2. The van der Waals surface area contributed by atoms with E-state index in [1.807, 2.05) is 31.2 Å². The van der Waals surface area contributed by atoms with Crippen LogP contribution < -0.4 is 10.6 Å². The summed E-state index contributed by atoms with van der Waals surface area (Å²) in [6, 6.07) is 9.45. The Labute approximate surface area is 124 Å². The minimum atomic E-state index is -0.177. The fourth-order valence-corrected chi connectivity index (χ4v) is 1.88. The van der Waals surface area contributed by atoms with Gasteiger partial charge in [0, 0.05) is 31.7 Å². The van der Waals surface area contributed by atoms with E-state index >= 15 is 0 Å². The third kappa shape index (κ3) is 4.57. The molecule has 2 aromatic rings. The lowest BCUT2D eigenvalue weighted by Gasteiger charge is -2.08. The van der Waals surface area contributed by atoms with Gasteiger partial charge in [0.1, 0.15) is 0 Å². The number of amides is 1. The predicted octanol–water partition coefficient (Wildman–Crippen LogP) is 2.70. The van der Waals surface area contributed by atoms with Gasteiger partial charge >= 0.3 is 0 Å². The number of hydrogen-bond donors (Lipinski definition) is 2. The lowest BCUT2D eigenvalue weighted by Crippen LogP contribution is -2.13. The van der Waals surface area contributed by atoms with Crippen LogP contribution in [0.2, 0.25) is 0 Å². The van der Waals surface area contributed by atoms with Crippen molar-refractivity contribution in [3.8, 4) is 0 Å². The number of carbonyl (C=O) groups excluding carboxylic acids is 1. The van der Waals surface area contributed by atoms with Crippen molar-refractivity contribution in [3.05, 3.63) is 53.9 Å². The Bertz CT molecular complexity index is 614. The van der Waals surface area contributed by atoms with Crippen molar-refractivity contribution >= 4 is 17.3 Å². The average Bonchev–Trinajstić information content (AvgIpc) is 2.48. The van der Waals surface area contributed by atoms with E-state index in [-0.39, 0.29) is 5.91 Å². The van der Waals surface area contributed by atoms with Gasteiger partial charge in [-0.2, -0.15) is 0 Å². The van der Waals surface area contributed by atoms with Gasteiger partial charge in [0.25, 0.3) is 5.91 Å². The Balaban J connectivity index is 2.03. The number of methoxy groups -OCH3 is 1. The van der Waals surface area contributed by atoms with Crippen LogP contribution in [0.4, 0.5) is 11.4 Å². The van der Waals surface area contributed by atoms with Gasteiger partial charge in [-0.3, -0.25) is 9.78 Å². The molecule has 5 heteroatoms. The Kier molecular flexibility index (Phi) is 5.29. The van der Waals surface area contributed by atoms with Gasteiger partial charge in [0.15, 0.2) is 0 Å².